The lowest BCUT2D eigenvalue weighted by Crippen LogP contribution is -2.04. The Hall–Kier alpha value is -4.94. The summed E-state index contributed by atoms with van der Waals surface area (Å²) in [7, 11) is -19.6. The highest BCUT2D eigenvalue weighted by Gasteiger charge is 2.22. The summed E-state index contributed by atoms with van der Waals surface area (Å²) in [6.07, 6.45) is 0. The van der Waals surface area contributed by atoms with Gasteiger partial charge in [-0.2, -0.15) is 43.9 Å². The molecule has 5 aromatic rings. The van der Waals surface area contributed by atoms with Crippen LogP contribution in [0.5, 0.6) is 11.5 Å². The third-order valence-electron chi connectivity index (χ3n) is 6.52. The van der Waals surface area contributed by atoms with E-state index in [1.54, 1.807) is 0 Å². The lowest BCUT2D eigenvalue weighted by Gasteiger charge is -2.08. The van der Waals surface area contributed by atoms with E-state index in [4.69, 9.17) is 0 Å². The van der Waals surface area contributed by atoms with Gasteiger partial charge in [-0.25, -0.2) is 0 Å². The van der Waals surface area contributed by atoms with Crippen molar-refractivity contribution < 1.29 is 62.1 Å². The molecule has 0 aliphatic rings. The molecule has 0 aliphatic heterocycles. The average Bonchev–Trinajstić information content (AvgIpc) is 2.96. The van der Waals surface area contributed by atoms with E-state index in [1.165, 1.54) is 24.3 Å². The summed E-state index contributed by atoms with van der Waals surface area (Å²) < 4.78 is 132. The molecule has 48 heavy (non-hydrogen) atoms. The minimum atomic E-state index is -4.99. The van der Waals surface area contributed by atoms with Crippen LogP contribution in [0.3, 0.4) is 0 Å². The third kappa shape index (κ3) is 7.29. The van der Waals surface area contributed by atoms with Gasteiger partial charge in [0, 0.05) is 22.9 Å². The number of benzene rings is 5. The summed E-state index contributed by atoms with van der Waals surface area (Å²) in [5.74, 6) is -1.18. The molecule has 0 fully saturated rings. The monoisotopic (exact) mass is 738 g/mol. The molecule has 0 radical (unpaired) electrons. The molecular formula is C26H18N4O14S4. The predicted molar refractivity (Wildman–Crippen MR) is 165 cm³/mol. The Kier molecular flexibility index (Phi) is 8.56. The van der Waals surface area contributed by atoms with Gasteiger partial charge in [-0.05, 0) is 59.3 Å². The lowest BCUT2D eigenvalue weighted by molar-refractivity contribution is 0.452. The van der Waals surface area contributed by atoms with Gasteiger partial charge < -0.3 is 10.2 Å². The Bertz CT molecular complexity index is 2510. The summed E-state index contributed by atoms with van der Waals surface area (Å²) in [5.41, 5.74) is -0.678. The second kappa shape index (κ2) is 11.9. The Morgan fingerprint density at radius 3 is 1.12 bits per heavy atom. The van der Waals surface area contributed by atoms with Crippen LogP contribution in [0.4, 0.5) is 22.7 Å². The van der Waals surface area contributed by atoms with Gasteiger partial charge in [0.05, 0.1) is 21.2 Å². The SMILES string of the molecule is O=S(=O)(O)c1cc(S(=O)(=O)O)c2cc(N=Nc3cc(N=Nc4ccc5cc(S(=O)(=O)O)cc(S(=O)(=O)O)c5c4)c(O)cc3O)ccc2c1. The molecule has 0 amide bonds. The number of hydrogen-bond donors (Lipinski definition) is 6. The minimum Gasteiger partial charge on any atom is -0.505 e. The maximum Gasteiger partial charge on any atom is 0.295 e. The number of rotatable bonds is 8. The van der Waals surface area contributed by atoms with Crippen LogP contribution >= 0.6 is 0 Å². The fraction of sp³-hybridized carbons (Fsp3) is 0. The van der Waals surface area contributed by atoms with Crippen molar-refractivity contribution in [2.24, 2.45) is 20.5 Å². The molecular weight excluding hydrogens is 721 g/mol. The first-order valence-corrected chi connectivity index (χ1v) is 18.3. The highest BCUT2D eigenvalue weighted by molar-refractivity contribution is 7.87. The predicted octanol–water partition coefficient (Wildman–Crippen LogP) is 5.22. The molecule has 0 spiro atoms. The second-order valence-electron chi connectivity index (χ2n) is 9.78. The number of phenolic OH excluding ortho intramolecular Hbond substituents is 2. The standard InChI is InChI=1S/C26H18N4O14S4/c31-23-12-24(32)22(30-28-16-4-2-14-6-18(46(36,37)38)10-26(20(14)8-16)48(42,43)44)11-21(23)29-27-15-3-1-13-5-17(45(33,34)35)9-25(19(13)7-15)47(39,40)41/h1-12,31-32H,(H,33,34,35)(H,36,37,38)(H,39,40,41)(H,42,43,44). The van der Waals surface area contributed by atoms with E-state index in [9.17, 15) is 62.1 Å². The summed E-state index contributed by atoms with van der Waals surface area (Å²) >= 11 is 0. The molecule has 0 aromatic heterocycles. The number of aromatic hydroxyl groups is 2. The van der Waals surface area contributed by atoms with Gasteiger partial charge in [-0.1, -0.05) is 12.1 Å². The van der Waals surface area contributed by atoms with Crippen molar-refractivity contribution in [3.05, 3.63) is 72.8 Å². The summed E-state index contributed by atoms with van der Waals surface area (Å²) in [5, 5.41) is 35.7. The summed E-state index contributed by atoms with van der Waals surface area (Å²) in [6, 6.07) is 12.1. The molecule has 22 heteroatoms. The number of hydrogen-bond acceptors (Lipinski definition) is 14. The normalized spacial score (nSPS) is 13.2. The average molecular weight is 739 g/mol. The smallest absolute Gasteiger partial charge is 0.295 e. The zero-order valence-corrected chi connectivity index (χ0v) is 26.6. The molecule has 250 valence electrons. The van der Waals surface area contributed by atoms with Gasteiger partial charge in [0.15, 0.2) is 0 Å². The van der Waals surface area contributed by atoms with E-state index in [0.717, 1.165) is 36.4 Å². The highest BCUT2D eigenvalue weighted by Crippen LogP contribution is 2.40. The Morgan fingerprint density at radius 2 is 0.792 bits per heavy atom. The number of azo groups is 2. The van der Waals surface area contributed by atoms with Gasteiger partial charge in [-0.3, -0.25) is 18.2 Å². The van der Waals surface area contributed by atoms with Crippen molar-refractivity contribution in [1.82, 2.24) is 0 Å². The number of fused-ring (bicyclic) bond motifs is 2. The molecule has 6 N–H and O–H groups in total. The topological polar surface area (TPSA) is 307 Å². The van der Waals surface area contributed by atoms with Gasteiger partial charge in [-0.15, -0.1) is 10.2 Å². The molecule has 0 saturated heterocycles. The van der Waals surface area contributed by atoms with Gasteiger partial charge >= 0.3 is 0 Å². The maximum absolute atomic E-state index is 11.9. The lowest BCUT2D eigenvalue weighted by atomic mass is 10.1. The zero-order valence-electron chi connectivity index (χ0n) is 23.3. The van der Waals surface area contributed by atoms with Gasteiger partial charge in [0.25, 0.3) is 40.5 Å². The summed E-state index contributed by atoms with van der Waals surface area (Å²) in [6.45, 7) is 0. The molecule has 5 rings (SSSR count). The quantitative estimate of drug-likeness (QED) is 0.0878. The van der Waals surface area contributed by atoms with Crippen LogP contribution in [0.25, 0.3) is 21.5 Å². The van der Waals surface area contributed by atoms with E-state index in [2.05, 4.69) is 20.5 Å². The van der Waals surface area contributed by atoms with Gasteiger partial charge in [0.2, 0.25) is 0 Å². The van der Waals surface area contributed by atoms with Crippen LogP contribution in [0.2, 0.25) is 0 Å². The van der Waals surface area contributed by atoms with Gasteiger partial charge in [0.1, 0.15) is 32.7 Å². The maximum atomic E-state index is 11.9. The summed E-state index contributed by atoms with van der Waals surface area (Å²) in [4.78, 5) is -3.28. The number of nitrogens with zero attached hydrogens (tertiary/aromatic N) is 4. The van der Waals surface area contributed by atoms with Crippen molar-refractivity contribution in [1.29, 1.82) is 0 Å². The van der Waals surface area contributed by atoms with Crippen LogP contribution in [-0.2, 0) is 40.5 Å². The highest BCUT2D eigenvalue weighted by atomic mass is 32.2. The first kappa shape index (κ1) is 34.4. The van der Waals surface area contributed by atoms with Crippen LogP contribution < -0.4 is 0 Å². The Balaban J connectivity index is 1.52. The Labute approximate surface area is 270 Å². The molecule has 0 atom stereocenters. The molecule has 0 bridgehead atoms. The van der Waals surface area contributed by atoms with E-state index in [-0.39, 0.29) is 44.3 Å². The first-order chi connectivity index (χ1) is 22.1. The molecule has 18 nitrogen and oxygen atoms in total. The largest absolute Gasteiger partial charge is 0.505 e. The second-order valence-corrected chi connectivity index (χ2v) is 15.4. The van der Waals surface area contributed by atoms with Crippen molar-refractivity contribution in [3.8, 4) is 11.5 Å². The van der Waals surface area contributed by atoms with E-state index >= 15 is 0 Å². The van der Waals surface area contributed by atoms with Crippen molar-refractivity contribution >= 4 is 84.8 Å². The Morgan fingerprint density at radius 1 is 0.417 bits per heavy atom. The molecule has 0 heterocycles. The minimum absolute atomic E-state index is 0.0110. The van der Waals surface area contributed by atoms with E-state index in [1.807, 2.05) is 0 Å². The first-order valence-electron chi connectivity index (χ1n) is 12.6. The molecule has 0 unspecified atom stereocenters. The van der Waals surface area contributed by atoms with Crippen molar-refractivity contribution in [2.75, 3.05) is 0 Å². The molecule has 0 saturated carbocycles. The van der Waals surface area contributed by atoms with E-state index in [0.29, 0.717) is 12.1 Å². The molecule has 5 aromatic carbocycles. The van der Waals surface area contributed by atoms with Crippen LogP contribution in [0.1, 0.15) is 0 Å². The van der Waals surface area contributed by atoms with Crippen LogP contribution in [-0.4, -0.2) is 62.1 Å². The van der Waals surface area contributed by atoms with Crippen LogP contribution in [0, 0.1) is 0 Å². The molecule has 0 aliphatic carbocycles. The van der Waals surface area contributed by atoms with E-state index < -0.39 is 71.6 Å². The number of phenols is 2. The fourth-order valence-corrected chi connectivity index (χ4v) is 7.05. The van der Waals surface area contributed by atoms with Crippen molar-refractivity contribution in [2.45, 2.75) is 19.6 Å². The fourth-order valence-electron chi connectivity index (χ4n) is 4.36. The van der Waals surface area contributed by atoms with Crippen molar-refractivity contribution in [3.63, 3.8) is 0 Å². The zero-order chi connectivity index (χ0) is 35.4. The third-order valence-corrected chi connectivity index (χ3v) is 9.97. The van der Waals surface area contributed by atoms with Crippen LogP contribution in [0.15, 0.2) is 113 Å².